The number of hydrogen-bond donors (Lipinski definition) is 1. The van der Waals surface area contributed by atoms with Gasteiger partial charge in [-0.15, -0.1) is 0 Å². The van der Waals surface area contributed by atoms with Crippen molar-refractivity contribution in [3.05, 3.63) is 70.2 Å². The number of aromatic nitrogens is 1. The standard InChI is InChI=1S/C15H13NO3/c17-10-12-6-7-13-14(8-12)19-15(18)16(13)9-11-4-2-1-3-5-11/h1-8,17H,9-10H2. The molecule has 0 saturated carbocycles. The first kappa shape index (κ1) is 11.7. The average molecular weight is 255 g/mol. The lowest BCUT2D eigenvalue weighted by atomic mass is 10.2. The summed E-state index contributed by atoms with van der Waals surface area (Å²) in [6.07, 6.45) is 0. The van der Waals surface area contributed by atoms with Crippen LogP contribution in [-0.4, -0.2) is 9.67 Å². The second-order valence-electron chi connectivity index (χ2n) is 4.40. The third-order valence-corrected chi connectivity index (χ3v) is 3.10. The molecule has 3 aromatic rings. The number of nitrogens with zero attached hydrogens (tertiary/aromatic N) is 1. The summed E-state index contributed by atoms with van der Waals surface area (Å²) in [6, 6.07) is 15.0. The van der Waals surface area contributed by atoms with Gasteiger partial charge in [0.2, 0.25) is 0 Å². The second kappa shape index (κ2) is 4.74. The van der Waals surface area contributed by atoms with E-state index in [9.17, 15) is 4.79 Å². The van der Waals surface area contributed by atoms with Gasteiger partial charge in [-0.2, -0.15) is 0 Å². The van der Waals surface area contributed by atoms with Gasteiger partial charge in [0.1, 0.15) is 0 Å². The van der Waals surface area contributed by atoms with Crippen LogP contribution in [0.4, 0.5) is 0 Å². The van der Waals surface area contributed by atoms with Crippen LogP contribution in [-0.2, 0) is 13.2 Å². The Balaban J connectivity index is 2.09. The molecule has 2 aromatic carbocycles. The number of rotatable bonds is 3. The molecule has 0 aliphatic rings. The fraction of sp³-hybridized carbons (Fsp3) is 0.133. The first-order valence-corrected chi connectivity index (χ1v) is 6.05. The van der Waals surface area contributed by atoms with Crippen LogP contribution in [0.25, 0.3) is 11.1 Å². The summed E-state index contributed by atoms with van der Waals surface area (Å²) >= 11 is 0. The Morgan fingerprint density at radius 2 is 1.84 bits per heavy atom. The zero-order valence-electron chi connectivity index (χ0n) is 10.2. The van der Waals surface area contributed by atoms with E-state index in [1.807, 2.05) is 30.3 Å². The van der Waals surface area contributed by atoms with Crippen molar-refractivity contribution in [2.45, 2.75) is 13.2 Å². The smallest absolute Gasteiger partial charge is 0.408 e. The molecule has 3 rings (SSSR count). The minimum atomic E-state index is -0.381. The predicted molar refractivity (Wildman–Crippen MR) is 71.9 cm³/mol. The lowest BCUT2D eigenvalue weighted by Gasteiger charge is -2.02. The highest BCUT2D eigenvalue weighted by atomic mass is 16.4. The third kappa shape index (κ3) is 2.18. The van der Waals surface area contributed by atoms with Crippen molar-refractivity contribution in [1.82, 2.24) is 4.57 Å². The molecule has 0 fully saturated rings. The lowest BCUT2D eigenvalue weighted by molar-refractivity contribution is 0.282. The molecule has 1 heterocycles. The summed E-state index contributed by atoms with van der Waals surface area (Å²) in [6.45, 7) is 0.411. The molecular weight excluding hydrogens is 242 g/mol. The molecule has 4 heteroatoms. The molecule has 1 N–H and O–H groups in total. The summed E-state index contributed by atoms with van der Waals surface area (Å²) in [5, 5.41) is 9.08. The van der Waals surface area contributed by atoms with Gasteiger partial charge in [0.05, 0.1) is 18.7 Å². The molecule has 0 bridgehead atoms. The van der Waals surface area contributed by atoms with Gasteiger partial charge < -0.3 is 9.52 Å². The van der Waals surface area contributed by atoms with Gasteiger partial charge in [-0.25, -0.2) is 4.79 Å². The van der Waals surface area contributed by atoms with Gasteiger partial charge in [-0.05, 0) is 23.3 Å². The molecule has 19 heavy (non-hydrogen) atoms. The van der Waals surface area contributed by atoms with E-state index in [1.165, 1.54) is 0 Å². The Kier molecular flexibility index (Phi) is 2.93. The zero-order chi connectivity index (χ0) is 13.2. The highest BCUT2D eigenvalue weighted by Crippen LogP contribution is 2.16. The Hall–Kier alpha value is -2.33. The predicted octanol–water partition coefficient (Wildman–Crippen LogP) is 2.14. The number of oxazole rings is 1. The molecule has 4 nitrogen and oxygen atoms in total. The molecule has 0 radical (unpaired) electrons. The molecule has 0 amide bonds. The zero-order valence-corrected chi connectivity index (χ0v) is 10.2. The van der Waals surface area contributed by atoms with E-state index < -0.39 is 0 Å². The van der Waals surface area contributed by atoms with Gasteiger partial charge in [-0.3, -0.25) is 4.57 Å². The number of fused-ring (bicyclic) bond motifs is 1. The number of aliphatic hydroxyl groups excluding tert-OH is 1. The average Bonchev–Trinajstić information content (AvgIpc) is 2.75. The van der Waals surface area contributed by atoms with Crippen molar-refractivity contribution >= 4 is 11.1 Å². The van der Waals surface area contributed by atoms with Crippen LogP contribution in [0.5, 0.6) is 0 Å². The maximum absolute atomic E-state index is 11.9. The molecule has 0 atom stereocenters. The first-order valence-electron chi connectivity index (χ1n) is 6.05. The Morgan fingerprint density at radius 1 is 1.05 bits per heavy atom. The number of hydrogen-bond acceptors (Lipinski definition) is 3. The Labute approximate surface area is 109 Å². The topological polar surface area (TPSA) is 55.4 Å². The van der Waals surface area contributed by atoms with E-state index in [-0.39, 0.29) is 12.4 Å². The SMILES string of the molecule is O=c1oc2cc(CO)ccc2n1Cc1ccccc1. The van der Waals surface area contributed by atoms with Gasteiger partial charge >= 0.3 is 5.76 Å². The largest absolute Gasteiger partial charge is 0.420 e. The van der Waals surface area contributed by atoms with E-state index in [0.29, 0.717) is 12.1 Å². The molecule has 1 aromatic heterocycles. The number of benzene rings is 2. The van der Waals surface area contributed by atoms with Crippen LogP contribution >= 0.6 is 0 Å². The maximum Gasteiger partial charge on any atom is 0.420 e. The molecule has 0 aliphatic carbocycles. The second-order valence-corrected chi connectivity index (χ2v) is 4.40. The van der Waals surface area contributed by atoms with Crippen LogP contribution in [0.15, 0.2) is 57.7 Å². The minimum absolute atomic E-state index is 0.0660. The first-order chi connectivity index (χ1) is 9.28. The van der Waals surface area contributed by atoms with E-state index >= 15 is 0 Å². The molecule has 96 valence electrons. The summed E-state index contributed by atoms with van der Waals surface area (Å²) in [4.78, 5) is 11.9. The van der Waals surface area contributed by atoms with E-state index in [4.69, 9.17) is 9.52 Å². The summed E-state index contributed by atoms with van der Waals surface area (Å²) < 4.78 is 6.80. The third-order valence-electron chi connectivity index (χ3n) is 3.10. The summed E-state index contributed by atoms with van der Waals surface area (Å²) in [7, 11) is 0. The lowest BCUT2D eigenvalue weighted by Crippen LogP contribution is -2.14. The Morgan fingerprint density at radius 3 is 2.58 bits per heavy atom. The molecule has 0 aliphatic heterocycles. The molecule has 0 saturated heterocycles. The summed E-state index contributed by atoms with van der Waals surface area (Å²) in [5.74, 6) is -0.381. The highest BCUT2D eigenvalue weighted by molar-refractivity contribution is 5.73. The normalized spacial score (nSPS) is 11.0. The quantitative estimate of drug-likeness (QED) is 0.780. The fourth-order valence-corrected chi connectivity index (χ4v) is 2.12. The van der Waals surface area contributed by atoms with Gasteiger partial charge in [0, 0.05) is 0 Å². The number of aliphatic hydroxyl groups is 1. The summed E-state index contributed by atoms with van der Waals surface area (Å²) in [5.41, 5.74) is 3.02. The van der Waals surface area contributed by atoms with Crippen molar-refractivity contribution < 1.29 is 9.52 Å². The highest BCUT2D eigenvalue weighted by Gasteiger charge is 2.09. The Bertz CT molecular complexity index is 756. The van der Waals surface area contributed by atoms with Gasteiger partial charge in [0.25, 0.3) is 0 Å². The van der Waals surface area contributed by atoms with Crippen molar-refractivity contribution in [2.75, 3.05) is 0 Å². The minimum Gasteiger partial charge on any atom is -0.408 e. The van der Waals surface area contributed by atoms with Crippen LogP contribution in [0.3, 0.4) is 0 Å². The molecular formula is C15H13NO3. The monoisotopic (exact) mass is 255 g/mol. The van der Waals surface area contributed by atoms with Crippen LogP contribution in [0, 0.1) is 0 Å². The van der Waals surface area contributed by atoms with Crippen LogP contribution in [0.1, 0.15) is 11.1 Å². The van der Waals surface area contributed by atoms with Gasteiger partial charge in [-0.1, -0.05) is 36.4 Å². The van der Waals surface area contributed by atoms with Crippen LogP contribution in [0.2, 0.25) is 0 Å². The van der Waals surface area contributed by atoms with Crippen molar-refractivity contribution in [3.8, 4) is 0 Å². The van der Waals surface area contributed by atoms with E-state index in [0.717, 1.165) is 16.6 Å². The fourth-order valence-electron chi connectivity index (χ4n) is 2.12. The van der Waals surface area contributed by atoms with Crippen LogP contribution < -0.4 is 5.76 Å². The van der Waals surface area contributed by atoms with Crippen molar-refractivity contribution in [1.29, 1.82) is 0 Å². The van der Waals surface area contributed by atoms with Crippen molar-refractivity contribution in [2.24, 2.45) is 0 Å². The van der Waals surface area contributed by atoms with Crippen molar-refractivity contribution in [3.63, 3.8) is 0 Å². The molecule has 0 unspecified atom stereocenters. The van der Waals surface area contributed by atoms with E-state index in [1.54, 1.807) is 22.8 Å². The molecule has 0 spiro atoms. The van der Waals surface area contributed by atoms with E-state index in [2.05, 4.69) is 0 Å². The maximum atomic E-state index is 11.9. The van der Waals surface area contributed by atoms with Gasteiger partial charge in [0.15, 0.2) is 5.58 Å².